The molecular formula is C20H11Cl2F3N2O2. The quantitative estimate of drug-likeness (QED) is 0.346. The Kier molecular flexibility index (Phi) is 4.67. The Hall–Kier alpha value is -2.77. The van der Waals surface area contributed by atoms with E-state index < -0.39 is 17.7 Å². The maximum atomic E-state index is 13.1. The summed E-state index contributed by atoms with van der Waals surface area (Å²) in [6.45, 7) is 0. The van der Waals surface area contributed by atoms with Crippen molar-refractivity contribution >= 4 is 45.7 Å². The minimum Gasteiger partial charge on any atom is -0.465 e. The maximum absolute atomic E-state index is 13.1. The number of esters is 1. The molecule has 0 amide bonds. The van der Waals surface area contributed by atoms with Gasteiger partial charge in [0, 0.05) is 11.8 Å². The first-order valence-electron chi connectivity index (χ1n) is 8.26. The molecule has 0 spiro atoms. The standard InChI is InChI=1S/C20H11Cl2F3N2O2/c1-29-19(28)10-4-5-15-14(7-10)26-18(16-3-2-6-27(15)16)17-12(21)8-11(9-13(17)22)20(23,24)25/h2-9H,1H3. The van der Waals surface area contributed by atoms with Gasteiger partial charge in [-0.15, -0.1) is 0 Å². The van der Waals surface area contributed by atoms with Crippen LogP contribution in [0.4, 0.5) is 13.2 Å². The van der Waals surface area contributed by atoms with Gasteiger partial charge in [-0.3, -0.25) is 0 Å². The van der Waals surface area contributed by atoms with Gasteiger partial charge in [0.2, 0.25) is 0 Å². The molecule has 4 aromatic rings. The van der Waals surface area contributed by atoms with Crippen LogP contribution in [0.15, 0.2) is 48.7 Å². The molecular weight excluding hydrogens is 428 g/mol. The Morgan fingerprint density at radius 1 is 1.07 bits per heavy atom. The summed E-state index contributed by atoms with van der Waals surface area (Å²) in [6, 6.07) is 10.0. The molecule has 0 N–H and O–H groups in total. The van der Waals surface area contributed by atoms with Crippen LogP contribution in [0.3, 0.4) is 0 Å². The van der Waals surface area contributed by atoms with Gasteiger partial charge in [0.1, 0.15) is 0 Å². The fourth-order valence-electron chi connectivity index (χ4n) is 3.17. The zero-order valence-corrected chi connectivity index (χ0v) is 16.2. The lowest BCUT2D eigenvalue weighted by atomic mass is 10.1. The summed E-state index contributed by atoms with van der Waals surface area (Å²) < 4.78 is 45.7. The van der Waals surface area contributed by atoms with E-state index in [-0.39, 0.29) is 21.2 Å². The second kappa shape index (κ2) is 6.93. The van der Waals surface area contributed by atoms with Gasteiger partial charge in [0.15, 0.2) is 0 Å². The molecule has 0 atom stereocenters. The number of fused-ring (bicyclic) bond motifs is 3. The predicted octanol–water partition coefficient (Wildman–Crippen LogP) is 6.27. The normalized spacial score (nSPS) is 11.9. The highest BCUT2D eigenvalue weighted by molar-refractivity contribution is 6.39. The fraction of sp³-hybridized carbons (Fsp3) is 0.100. The molecule has 0 fully saturated rings. The summed E-state index contributed by atoms with van der Waals surface area (Å²) >= 11 is 12.4. The monoisotopic (exact) mass is 438 g/mol. The molecule has 0 bridgehead atoms. The topological polar surface area (TPSA) is 43.6 Å². The fourth-order valence-corrected chi connectivity index (χ4v) is 3.84. The lowest BCUT2D eigenvalue weighted by Crippen LogP contribution is -2.06. The smallest absolute Gasteiger partial charge is 0.416 e. The number of aromatic nitrogens is 2. The van der Waals surface area contributed by atoms with Crippen molar-refractivity contribution in [2.75, 3.05) is 7.11 Å². The largest absolute Gasteiger partial charge is 0.465 e. The second-order valence-electron chi connectivity index (χ2n) is 6.23. The molecule has 0 aliphatic carbocycles. The highest BCUT2D eigenvalue weighted by Gasteiger charge is 2.32. The van der Waals surface area contributed by atoms with Crippen LogP contribution in [0.2, 0.25) is 10.0 Å². The van der Waals surface area contributed by atoms with E-state index in [1.54, 1.807) is 34.9 Å². The van der Waals surface area contributed by atoms with Crippen molar-refractivity contribution in [1.29, 1.82) is 0 Å². The number of carbonyl (C=O) groups excluding carboxylic acids is 1. The highest BCUT2D eigenvalue weighted by atomic mass is 35.5. The highest BCUT2D eigenvalue weighted by Crippen LogP contribution is 2.41. The van der Waals surface area contributed by atoms with Gasteiger partial charge in [0.25, 0.3) is 0 Å². The average Bonchev–Trinajstić information content (AvgIpc) is 3.15. The van der Waals surface area contributed by atoms with E-state index in [0.717, 1.165) is 12.1 Å². The number of methoxy groups -OCH3 is 1. The van der Waals surface area contributed by atoms with E-state index in [0.29, 0.717) is 22.2 Å². The number of halogens is 5. The van der Waals surface area contributed by atoms with Crippen molar-refractivity contribution in [2.24, 2.45) is 0 Å². The summed E-state index contributed by atoms with van der Waals surface area (Å²) in [5.41, 5.74) is 1.54. The van der Waals surface area contributed by atoms with Crippen LogP contribution in [0.25, 0.3) is 27.8 Å². The first-order valence-corrected chi connectivity index (χ1v) is 9.02. The molecule has 2 heterocycles. The third kappa shape index (κ3) is 3.30. The van der Waals surface area contributed by atoms with E-state index in [9.17, 15) is 18.0 Å². The number of benzene rings is 2. The van der Waals surface area contributed by atoms with Gasteiger partial charge in [-0.1, -0.05) is 23.2 Å². The summed E-state index contributed by atoms with van der Waals surface area (Å²) in [5.74, 6) is -0.534. The lowest BCUT2D eigenvalue weighted by Gasteiger charge is -2.14. The van der Waals surface area contributed by atoms with E-state index in [1.165, 1.54) is 13.2 Å². The van der Waals surface area contributed by atoms with Crippen molar-refractivity contribution < 1.29 is 22.7 Å². The summed E-state index contributed by atoms with van der Waals surface area (Å²) in [6.07, 6.45) is -2.81. The van der Waals surface area contributed by atoms with Crippen LogP contribution in [-0.2, 0) is 10.9 Å². The van der Waals surface area contributed by atoms with E-state index >= 15 is 0 Å². The Balaban J connectivity index is 2.03. The van der Waals surface area contributed by atoms with Gasteiger partial charge < -0.3 is 9.14 Å². The maximum Gasteiger partial charge on any atom is 0.416 e. The number of carbonyl (C=O) groups is 1. The SMILES string of the molecule is COC(=O)c1ccc2c(c1)nc(-c1c(Cl)cc(C(F)(F)F)cc1Cl)c1cccn12. The molecule has 148 valence electrons. The summed E-state index contributed by atoms with van der Waals surface area (Å²) in [4.78, 5) is 16.4. The van der Waals surface area contributed by atoms with Crippen LogP contribution in [0.5, 0.6) is 0 Å². The first kappa shape index (κ1) is 19.5. The molecule has 4 rings (SSSR count). The molecule has 9 heteroatoms. The van der Waals surface area contributed by atoms with E-state index in [2.05, 4.69) is 4.98 Å². The third-order valence-electron chi connectivity index (χ3n) is 4.49. The number of rotatable bonds is 2. The second-order valence-corrected chi connectivity index (χ2v) is 7.05. The van der Waals surface area contributed by atoms with Crippen LogP contribution < -0.4 is 0 Å². The van der Waals surface area contributed by atoms with Gasteiger partial charge >= 0.3 is 12.1 Å². The average molecular weight is 439 g/mol. The van der Waals surface area contributed by atoms with E-state index in [4.69, 9.17) is 27.9 Å². The molecule has 2 aromatic heterocycles. The summed E-state index contributed by atoms with van der Waals surface area (Å²) in [7, 11) is 1.27. The molecule has 29 heavy (non-hydrogen) atoms. The lowest BCUT2D eigenvalue weighted by molar-refractivity contribution is -0.137. The van der Waals surface area contributed by atoms with Crippen LogP contribution in [-0.4, -0.2) is 22.5 Å². The number of alkyl halides is 3. The van der Waals surface area contributed by atoms with Crippen molar-refractivity contribution in [3.8, 4) is 11.3 Å². The molecule has 0 saturated carbocycles. The van der Waals surface area contributed by atoms with Crippen molar-refractivity contribution in [2.45, 2.75) is 6.18 Å². The first-order chi connectivity index (χ1) is 13.7. The third-order valence-corrected chi connectivity index (χ3v) is 5.08. The van der Waals surface area contributed by atoms with Crippen LogP contribution in [0, 0.1) is 0 Å². The zero-order chi connectivity index (χ0) is 20.9. The van der Waals surface area contributed by atoms with Crippen LogP contribution >= 0.6 is 23.2 Å². The van der Waals surface area contributed by atoms with Crippen molar-refractivity contribution in [3.05, 3.63) is 69.8 Å². The molecule has 4 nitrogen and oxygen atoms in total. The molecule has 0 radical (unpaired) electrons. The number of nitrogens with zero attached hydrogens (tertiary/aromatic N) is 2. The Bertz CT molecular complexity index is 1260. The minimum absolute atomic E-state index is 0.176. The molecule has 0 aliphatic heterocycles. The van der Waals surface area contributed by atoms with Gasteiger partial charge in [-0.2, -0.15) is 13.2 Å². The number of hydrogen-bond donors (Lipinski definition) is 0. The minimum atomic E-state index is -4.58. The van der Waals surface area contributed by atoms with Crippen molar-refractivity contribution in [1.82, 2.24) is 9.38 Å². The Morgan fingerprint density at radius 3 is 2.38 bits per heavy atom. The molecule has 2 aromatic carbocycles. The molecule has 0 saturated heterocycles. The zero-order valence-electron chi connectivity index (χ0n) is 14.7. The van der Waals surface area contributed by atoms with Gasteiger partial charge in [-0.05, 0) is 42.5 Å². The summed E-state index contributed by atoms with van der Waals surface area (Å²) in [5, 5.41) is -0.354. The van der Waals surface area contributed by atoms with Crippen molar-refractivity contribution in [3.63, 3.8) is 0 Å². The molecule has 0 unspecified atom stereocenters. The Morgan fingerprint density at radius 2 is 1.76 bits per heavy atom. The van der Waals surface area contributed by atoms with Gasteiger partial charge in [-0.25, -0.2) is 9.78 Å². The number of hydrogen-bond acceptors (Lipinski definition) is 3. The van der Waals surface area contributed by atoms with Gasteiger partial charge in [0.05, 0.1) is 50.5 Å². The Labute approximate surface area is 172 Å². The van der Waals surface area contributed by atoms with E-state index in [1.807, 2.05) is 0 Å². The number of ether oxygens (including phenoxy) is 1. The van der Waals surface area contributed by atoms with Crippen LogP contribution in [0.1, 0.15) is 15.9 Å². The predicted molar refractivity (Wildman–Crippen MR) is 104 cm³/mol. The molecule has 0 aliphatic rings.